The summed E-state index contributed by atoms with van der Waals surface area (Å²) >= 11 is 0. The Labute approximate surface area is 185 Å². The number of alkyl halides is 3. The Morgan fingerprint density at radius 2 is 1.93 bits per heavy atom. The fourth-order valence-corrected chi connectivity index (χ4v) is 2.67. The van der Waals surface area contributed by atoms with Crippen molar-refractivity contribution in [3.63, 3.8) is 0 Å². The molecular weight excluding hydrogens is 500 g/mol. The molecule has 0 spiro atoms. The van der Waals surface area contributed by atoms with Crippen LogP contribution in [0.4, 0.5) is 19.0 Å². The van der Waals surface area contributed by atoms with Gasteiger partial charge < -0.3 is 20.5 Å². The molecule has 0 saturated heterocycles. The predicted octanol–water partition coefficient (Wildman–Crippen LogP) is 3.61. The second-order valence-corrected chi connectivity index (χ2v) is 5.91. The zero-order chi connectivity index (χ0) is 20.6. The first-order valence-corrected chi connectivity index (χ1v) is 9.07. The van der Waals surface area contributed by atoms with Crippen molar-refractivity contribution in [2.45, 2.75) is 39.4 Å². The molecule has 2 aromatic rings. The third kappa shape index (κ3) is 7.05. The molecule has 0 aliphatic rings. The van der Waals surface area contributed by atoms with Gasteiger partial charge in [0.25, 0.3) is 0 Å². The van der Waals surface area contributed by atoms with Gasteiger partial charge in [-0.3, -0.25) is 4.99 Å². The highest BCUT2D eigenvalue weighted by atomic mass is 127. The molecule has 0 radical (unpaired) electrons. The van der Waals surface area contributed by atoms with E-state index in [4.69, 9.17) is 4.52 Å². The Kier molecular flexibility index (Phi) is 10.2. The van der Waals surface area contributed by atoms with Crippen LogP contribution in [0.5, 0.6) is 0 Å². The van der Waals surface area contributed by atoms with Crippen molar-refractivity contribution >= 4 is 35.8 Å². The van der Waals surface area contributed by atoms with E-state index in [-0.39, 0.29) is 36.3 Å². The van der Waals surface area contributed by atoms with Crippen LogP contribution in [0.15, 0.2) is 27.8 Å². The van der Waals surface area contributed by atoms with Crippen molar-refractivity contribution in [3.05, 3.63) is 40.9 Å². The van der Waals surface area contributed by atoms with Gasteiger partial charge in [0.2, 0.25) is 0 Å². The van der Waals surface area contributed by atoms with E-state index >= 15 is 0 Å². The quantitative estimate of drug-likeness (QED) is 0.211. The highest BCUT2D eigenvalue weighted by Crippen LogP contribution is 2.33. The summed E-state index contributed by atoms with van der Waals surface area (Å²) < 4.78 is 44.2. The second kappa shape index (κ2) is 11.8. The number of halogens is 4. The van der Waals surface area contributed by atoms with Crippen molar-refractivity contribution in [1.82, 2.24) is 20.8 Å². The number of anilines is 1. The van der Waals surface area contributed by atoms with E-state index in [0.717, 1.165) is 35.9 Å². The van der Waals surface area contributed by atoms with E-state index in [1.54, 1.807) is 7.05 Å². The first kappa shape index (κ1) is 25.0. The van der Waals surface area contributed by atoms with E-state index in [1.165, 1.54) is 12.3 Å². The SMILES string of the molecule is CCc1noc(CC)c1CNC(=NC)NCCNc1ncccc1C(F)(F)F.I. The number of aryl methyl sites for hydroxylation is 2. The van der Waals surface area contributed by atoms with Crippen LogP contribution in [-0.4, -0.2) is 36.2 Å². The lowest BCUT2D eigenvalue weighted by atomic mass is 10.1. The van der Waals surface area contributed by atoms with E-state index in [0.29, 0.717) is 19.0 Å². The molecule has 0 bridgehead atoms. The van der Waals surface area contributed by atoms with Crippen LogP contribution in [0.2, 0.25) is 0 Å². The molecule has 0 aromatic carbocycles. The summed E-state index contributed by atoms with van der Waals surface area (Å²) in [5.41, 5.74) is 1.12. The van der Waals surface area contributed by atoms with E-state index in [1.807, 2.05) is 13.8 Å². The largest absolute Gasteiger partial charge is 0.419 e. The summed E-state index contributed by atoms with van der Waals surface area (Å²) in [4.78, 5) is 7.89. The first-order valence-electron chi connectivity index (χ1n) is 9.07. The number of hydrogen-bond donors (Lipinski definition) is 3. The lowest BCUT2D eigenvalue weighted by molar-refractivity contribution is -0.137. The summed E-state index contributed by atoms with van der Waals surface area (Å²) in [6, 6.07) is 2.26. The molecule has 3 N–H and O–H groups in total. The zero-order valence-corrected chi connectivity index (χ0v) is 18.9. The predicted molar refractivity (Wildman–Crippen MR) is 117 cm³/mol. The van der Waals surface area contributed by atoms with Crippen LogP contribution in [0.1, 0.15) is 36.4 Å². The van der Waals surface area contributed by atoms with Gasteiger partial charge in [0.05, 0.1) is 11.3 Å². The normalized spacial score (nSPS) is 11.7. The van der Waals surface area contributed by atoms with Gasteiger partial charge in [-0.2, -0.15) is 13.2 Å². The van der Waals surface area contributed by atoms with Crippen LogP contribution in [0.3, 0.4) is 0 Å². The van der Waals surface area contributed by atoms with Crippen LogP contribution in [0.25, 0.3) is 0 Å². The van der Waals surface area contributed by atoms with Gasteiger partial charge in [-0.15, -0.1) is 24.0 Å². The fourth-order valence-electron chi connectivity index (χ4n) is 2.67. The number of rotatable bonds is 8. The fraction of sp³-hybridized carbons (Fsp3) is 0.500. The minimum Gasteiger partial charge on any atom is -0.368 e. The summed E-state index contributed by atoms with van der Waals surface area (Å²) in [5.74, 6) is 1.17. The Bertz CT molecular complexity index is 773. The monoisotopic (exact) mass is 526 g/mol. The molecule has 0 fully saturated rings. The molecule has 0 amide bonds. The highest BCUT2D eigenvalue weighted by molar-refractivity contribution is 14.0. The van der Waals surface area contributed by atoms with Crippen molar-refractivity contribution < 1.29 is 17.7 Å². The lowest BCUT2D eigenvalue weighted by Gasteiger charge is -2.15. The summed E-state index contributed by atoms with van der Waals surface area (Å²) in [6.45, 7) is 5.11. The Morgan fingerprint density at radius 3 is 2.55 bits per heavy atom. The molecular formula is C18H26F3IN6O. The molecule has 0 atom stereocenters. The molecule has 2 heterocycles. The smallest absolute Gasteiger partial charge is 0.368 e. The van der Waals surface area contributed by atoms with E-state index < -0.39 is 11.7 Å². The average Bonchev–Trinajstić information content (AvgIpc) is 3.09. The van der Waals surface area contributed by atoms with Crippen molar-refractivity contribution in [1.29, 1.82) is 0 Å². The Balaban J connectivity index is 0.00000420. The third-order valence-electron chi connectivity index (χ3n) is 4.09. The van der Waals surface area contributed by atoms with E-state index in [2.05, 4.69) is 31.1 Å². The molecule has 0 aliphatic heterocycles. The van der Waals surface area contributed by atoms with Gasteiger partial charge >= 0.3 is 6.18 Å². The van der Waals surface area contributed by atoms with E-state index in [9.17, 15) is 13.2 Å². The molecule has 2 aromatic heterocycles. The van der Waals surface area contributed by atoms with Crippen LogP contribution >= 0.6 is 24.0 Å². The maximum absolute atomic E-state index is 13.0. The molecule has 0 saturated carbocycles. The average molecular weight is 526 g/mol. The van der Waals surface area contributed by atoms with Gasteiger partial charge in [0.15, 0.2) is 5.96 Å². The van der Waals surface area contributed by atoms with Crippen LogP contribution in [-0.2, 0) is 25.6 Å². The summed E-state index contributed by atoms with van der Waals surface area (Å²) in [7, 11) is 1.62. The molecule has 29 heavy (non-hydrogen) atoms. The molecule has 2 rings (SSSR count). The Morgan fingerprint density at radius 1 is 1.17 bits per heavy atom. The third-order valence-corrected chi connectivity index (χ3v) is 4.09. The van der Waals surface area contributed by atoms with Crippen molar-refractivity contribution in [3.8, 4) is 0 Å². The number of aromatic nitrogens is 2. The minimum atomic E-state index is -4.45. The number of nitrogens with one attached hydrogen (secondary N) is 3. The lowest BCUT2D eigenvalue weighted by Crippen LogP contribution is -2.39. The van der Waals surface area contributed by atoms with Crippen LogP contribution < -0.4 is 16.0 Å². The molecule has 7 nitrogen and oxygen atoms in total. The van der Waals surface area contributed by atoms with Gasteiger partial charge in [0, 0.05) is 44.9 Å². The number of nitrogens with zero attached hydrogens (tertiary/aromatic N) is 3. The second-order valence-electron chi connectivity index (χ2n) is 5.91. The molecule has 0 aliphatic carbocycles. The maximum Gasteiger partial charge on any atom is 0.419 e. The number of aliphatic imine (C=N–C) groups is 1. The zero-order valence-electron chi connectivity index (χ0n) is 16.6. The van der Waals surface area contributed by atoms with Gasteiger partial charge in [-0.05, 0) is 18.6 Å². The number of hydrogen-bond acceptors (Lipinski definition) is 5. The van der Waals surface area contributed by atoms with Gasteiger partial charge in [-0.25, -0.2) is 4.98 Å². The topological polar surface area (TPSA) is 87.4 Å². The maximum atomic E-state index is 13.0. The minimum absolute atomic E-state index is 0. The molecule has 162 valence electrons. The molecule has 11 heteroatoms. The standard InChI is InChI=1S/C18H25F3N6O.HI/c1-4-14-12(15(5-2)28-27-14)11-26-17(22-3)25-10-9-24-16-13(18(19,20)21)7-6-8-23-16;/h6-8H,4-5,9-11H2,1-3H3,(H,23,24)(H2,22,25,26);1H. The number of guanidine groups is 1. The number of pyridine rings is 1. The van der Waals surface area contributed by atoms with Crippen LogP contribution in [0, 0.1) is 0 Å². The Hall–Kier alpha value is -2.05. The first-order chi connectivity index (χ1) is 13.4. The molecule has 0 unspecified atom stereocenters. The van der Waals surface area contributed by atoms with Crippen molar-refractivity contribution in [2.24, 2.45) is 4.99 Å². The van der Waals surface area contributed by atoms with Gasteiger partial charge in [0.1, 0.15) is 11.6 Å². The van der Waals surface area contributed by atoms with Crippen molar-refractivity contribution in [2.75, 3.05) is 25.5 Å². The summed E-state index contributed by atoms with van der Waals surface area (Å²) in [5, 5.41) is 13.0. The summed E-state index contributed by atoms with van der Waals surface area (Å²) in [6.07, 6.45) is -1.62. The van der Waals surface area contributed by atoms with Gasteiger partial charge in [-0.1, -0.05) is 19.0 Å². The highest BCUT2D eigenvalue weighted by Gasteiger charge is 2.33.